The molecule has 19 heavy (non-hydrogen) atoms. The first kappa shape index (κ1) is 14.8. The molecule has 0 aliphatic heterocycles. The van der Waals surface area contributed by atoms with Crippen molar-refractivity contribution in [2.24, 2.45) is 0 Å². The molecular formula is C13H17NO5. The van der Waals surface area contributed by atoms with Gasteiger partial charge in [-0.1, -0.05) is 0 Å². The monoisotopic (exact) mass is 267 g/mol. The molecule has 0 atom stereocenters. The molecule has 0 aliphatic rings. The van der Waals surface area contributed by atoms with Crippen molar-refractivity contribution < 1.29 is 24.5 Å². The number of ether oxygens (including phenoxy) is 1. The normalized spacial score (nSPS) is 10.9. The number of benzene rings is 1. The molecule has 0 bridgehead atoms. The van der Waals surface area contributed by atoms with Gasteiger partial charge in [0.2, 0.25) is 0 Å². The summed E-state index contributed by atoms with van der Waals surface area (Å²) in [5.41, 5.74) is -0.0404. The van der Waals surface area contributed by atoms with Gasteiger partial charge in [0, 0.05) is 5.69 Å². The number of anilines is 1. The van der Waals surface area contributed by atoms with Crippen molar-refractivity contribution in [3.8, 4) is 5.75 Å². The highest BCUT2D eigenvalue weighted by Gasteiger charge is 2.17. The van der Waals surface area contributed by atoms with Gasteiger partial charge in [0.25, 0.3) is 0 Å². The molecule has 6 nitrogen and oxygen atoms in total. The van der Waals surface area contributed by atoms with Crippen molar-refractivity contribution in [2.75, 3.05) is 5.32 Å². The maximum Gasteiger partial charge on any atom is 0.412 e. The SMILES string of the molecule is CC(C)(C)OC(=O)Nc1ccc(O)cc1CC(=O)O. The Morgan fingerprint density at radius 3 is 2.47 bits per heavy atom. The molecule has 0 spiro atoms. The Bertz CT molecular complexity index is 490. The smallest absolute Gasteiger partial charge is 0.412 e. The van der Waals surface area contributed by atoms with Crippen LogP contribution < -0.4 is 5.32 Å². The molecule has 104 valence electrons. The molecule has 0 radical (unpaired) electrons. The number of rotatable bonds is 3. The van der Waals surface area contributed by atoms with Crippen molar-refractivity contribution in [1.82, 2.24) is 0 Å². The van der Waals surface area contributed by atoms with Gasteiger partial charge < -0.3 is 14.9 Å². The van der Waals surface area contributed by atoms with E-state index in [0.29, 0.717) is 11.3 Å². The topological polar surface area (TPSA) is 95.9 Å². The van der Waals surface area contributed by atoms with E-state index in [-0.39, 0.29) is 12.2 Å². The quantitative estimate of drug-likeness (QED) is 0.731. The number of carboxylic acids is 1. The fourth-order valence-electron chi connectivity index (χ4n) is 1.42. The molecule has 0 fully saturated rings. The summed E-state index contributed by atoms with van der Waals surface area (Å²) >= 11 is 0. The minimum atomic E-state index is -1.06. The summed E-state index contributed by atoms with van der Waals surface area (Å²) in [6, 6.07) is 4.08. The van der Waals surface area contributed by atoms with Crippen LogP contribution in [0.3, 0.4) is 0 Å². The van der Waals surface area contributed by atoms with Crippen molar-refractivity contribution in [3.05, 3.63) is 23.8 Å². The van der Waals surface area contributed by atoms with Crippen molar-refractivity contribution >= 4 is 17.7 Å². The zero-order chi connectivity index (χ0) is 14.6. The van der Waals surface area contributed by atoms with Gasteiger partial charge in [-0.3, -0.25) is 10.1 Å². The summed E-state index contributed by atoms with van der Waals surface area (Å²) in [4.78, 5) is 22.3. The Hall–Kier alpha value is -2.24. The number of phenols is 1. The molecule has 0 unspecified atom stereocenters. The number of carboxylic acid groups (broad SMARTS) is 1. The van der Waals surface area contributed by atoms with E-state index in [0.717, 1.165) is 0 Å². The minimum absolute atomic E-state index is 0.0639. The van der Waals surface area contributed by atoms with Gasteiger partial charge in [-0.05, 0) is 44.5 Å². The number of carbonyl (C=O) groups is 2. The van der Waals surface area contributed by atoms with Crippen LogP contribution in [0.5, 0.6) is 5.75 Å². The molecule has 0 heterocycles. The van der Waals surface area contributed by atoms with Gasteiger partial charge in [-0.25, -0.2) is 4.79 Å². The third-order valence-electron chi connectivity index (χ3n) is 2.07. The van der Waals surface area contributed by atoms with Gasteiger partial charge >= 0.3 is 12.1 Å². The zero-order valence-corrected chi connectivity index (χ0v) is 11.1. The van der Waals surface area contributed by atoms with Crippen LogP contribution >= 0.6 is 0 Å². The molecule has 0 saturated carbocycles. The lowest BCUT2D eigenvalue weighted by molar-refractivity contribution is -0.136. The van der Waals surface area contributed by atoms with Crippen LogP contribution in [0.15, 0.2) is 18.2 Å². The number of carbonyl (C=O) groups excluding carboxylic acids is 1. The van der Waals surface area contributed by atoms with Crippen LogP contribution in [0.25, 0.3) is 0 Å². The third-order valence-corrected chi connectivity index (χ3v) is 2.07. The summed E-state index contributed by atoms with van der Waals surface area (Å²) in [7, 11) is 0. The Labute approximate surface area is 111 Å². The fourth-order valence-corrected chi connectivity index (χ4v) is 1.42. The standard InChI is InChI=1S/C13H17NO5/c1-13(2,3)19-12(18)14-10-5-4-9(15)6-8(10)7-11(16)17/h4-6,15H,7H2,1-3H3,(H,14,18)(H,16,17). The van der Waals surface area contributed by atoms with Crippen molar-refractivity contribution in [3.63, 3.8) is 0 Å². The van der Waals surface area contributed by atoms with Gasteiger partial charge in [-0.2, -0.15) is 0 Å². The van der Waals surface area contributed by atoms with Gasteiger partial charge in [-0.15, -0.1) is 0 Å². The number of hydrogen-bond donors (Lipinski definition) is 3. The molecule has 0 aromatic heterocycles. The highest BCUT2D eigenvalue weighted by Crippen LogP contribution is 2.22. The van der Waals surface area contributed by atoms with E-state index >= 15 is 0 Å². The summed E-state index contributed by atoms with van der Waals surface area (Å²) in [6.45, 7) is 5.17. The van der Waals surface area contributed by atoms with Gasteiger partial charge in [0.05, 0.1) is 6.42 Å². The van der Waals surface area contributed by atoms with Crippen LogP contribution in [0.2, 0.25) is 0 Å². The molecule has 1 aromatic carbocycles. The summed E-state index contributed by atoms with van der Waals surface area (Å²) in [5, 5.41) is 20.6. The highest BCUT2D eigenvalue weighted by molar-refractivity contribution is 5.87. The number of aliphatic carboxylic acids is 1. The van der Waals surface area contributed by atoms with E-state index in [1.165, 1.54) is 18.2 Å². The van der Waals surface area contributed by atoms with Crippen molar-refractivity contribution in [1.29, 1.82) is 0 Å². The van der Waals surface area contributed by atoms with Crippen molar-refractivity contribution in [2.45, 2.75) is 32.8 Å². The third kappa shape index (κ3) is 5.29. The number of amides is 1. The van der Waals surface area contributed by atoms with Crippen LogP contribution in [0.4, 0.5) is 10.5 Å². The average molecular weight is 267 g/mol. The Morgan fingerprint density at radius 1 is 1.32 bits per heavy atom. The number of hydrogen-bond acceptors (Lipinski definition) is 4. The predicted molar refractivity (Wildman–Crippen MR) is 69.3 cm³/mol. The van der Waals surface area contributed by atoms with Gasteiger partial charge in [0.15, 0.2) is 0 Å². The minimum Gasteiger partial charge on any atom is -0.508 e. The molecule has 0 aliphatic carbocycles. The van der Waals surface area contributed by atoms with Gasteiger partial charge in [0.1, 0.15) is 11.4 Å². The van der Waals surface area contributed by atoms with Crippen LogP contribution in [0, 0.1) is 0 Å². The number of aromatic hydroxyl groups is 1. The number of phenolic OH excluding ortho intramolecular Hbond substituents is 1. The molecule has 1 rings (SSSR count). The predicted octanol–water partition coefficient (Wildman–Crippen LogP) is 2.37. The first-order valence-corrected chi connectivity index (χ1v) is 5.71. The van der Waals surface area contributed by atoms with E-state index in [2.05, 4.69) is 5.32 Å². The fraction of sp³-hybridized carbons (Fsp3) is 0.385. The van der Waals surface area contributed by atoms with E-state index in [9.17, 15) is 14.7 Å². The number of nitrogens with one attached hydrogen (secondary N) is 1. The summed E-state index contributed by atoms with van der Waals surface area (Å²) < 4.78 is 5.07. The molecule has 1 amide bonds. The summed E-state index contributed by atoms with van der Waals surface area (Å²) in [5.74, 6) is -1.12. The van der Waals surface area contributed by atoms with Crippen LogP contribution in [-0.2, 0) is 16.0 Å². The zero-order valence-electron chi connectivity index (χ0n) is 11.1. The Kier molecular flexibility index (Phi) is 4.37. The second kappa shape index (κ2) is 5.60. The van der Waals surface area contributed by atoms with E-state index in [4.69, 9.17) is 9.84 Å². The van der Waals surface area contributed by atoms with Crippen LogP contribution in [-0.4, -0.2) is 27.9 Å². The summed E-state index contributed by atoms with van der Waals surface area (Å²) in [6.07, 6.45) is -0.982. The lowest BCUT2D eigenvalue weighted by atomic mass is 10.1. The molecule has 3 N–H and O–H groups in total. The van der Waals surface area contributed by atoms with E-state index in [1.54, 1.807) is 20.8 Å². The second-order valence-electron chi connectivity index (χ2n) is 5.04. The van der Waals surface area contributed by atoms with E-state index in [1.807, 2.05) is 0 Å². The second-order valence-corrected chi connectivity index (χ2v) is 5.04. The molecule has 0 saturated heterocycles. The first-order valence-electron chi connectivity index (χ1n) is 5.71. The molecule has 1 aromatic rings. The average Bonchev–Trinajstić information content (AvgIpc) is 2.18. The molecular weight excluding hydrogens is 250 g/mol. The highest BCUT2D eigenvalue weighted by atomic mass is 16.6. The Balaban J connectivity index is 2.88. The van der Waals surface area contributed by atoms with E-state index < -0.39 is 17.7 Å². The molecule has 6 heteroatoms. The lowest BCUT2D eigenvalue weighted by Gasteiger charge is -2.20. The maximum absolute atomic E-state index is 11.6. The maximum atomic E-state index is 11.6. The Morgan fingerprint density at radius 2 is 1.95 bits per heavy atom. The van der Waals surface area contributed by atoms with Crippen LogP contribution in [0.1, 0.15) is 26.3 Å². The first-order chi connectivity index (χ1) is 8.67. The largest absolute Gasteiger partial charge is 0.508 e. The lowest BCUT2D eigenvalue weighted by Crippen LogP contribution is -2.27.